The Kier molecular flexibility index (Phi) is 3.76. The molecule has 0 spiro atoms. The third-order valence-electron chi connectivity index (χ3n) is 2.60. The largest absolute Gasteiger partial charge is 0.370 e. The number of hydrogen-bond acceptors (Lipinski definition) is 4. The normalized spacial score (nSPS) is 26.3. The van der Waals surface area contributed by atoms with Gasteiger partial charge in [-0.2, -0.15) is 5.26 Å². The molecule has 2 N–H and O–H groups in total. The van der Waals surface area contributed by atoms with Crippen LogP contribution in [0.4, 0.5) is 0 Å². The highest BCUT2D eigenvalue weighted by atomic mass is 127. The highest BCUT2D eigenvalue weighted by molar-refractivity contribution is 14.1. The first-order valence-corrected chi connectivity index (χ1v) is 6.23. The van der Waals surface area contributed by atoms with Gasteiger partial charge in [-0.25, -0.2) is 5.01 Å². The predicted octanol–water partition coefficient (Wildman–Crippen LogP) is 1.57. The Morgan fingerprint density at radius 1 is 1.50 bits per heavy atom. The highest BCUT2D eigenvalue weighted by Crippen LogP contribution is 2.27. The van der Waals surface area contributed by atoms with Crippen molar-refractivity contribution in [2.24, 2.45) is 5.84 Å². The molecule has 1 saturated heterocycles. The van der Waals surface area contributed by atoms with E-state index in [0.29, 0.717) is 18.7 Å². The lowest BCUT2D eigenvalue weighted by molar-refractivity contribution is -0.0364. The van der Waals surface area contributed by atoms with Crippen LogP contribution in [0.25, 0.3) is 0 Å². The van der Waals surface area contributed by atoms with Gasteiger partial charge in [0.25, 0.3) is 0 Å². The summed E-state index contributed by atoms with van der Waals surface area (Å²) in [7, 11) is 0. The van der Waals surface area contributed by atoms with E-state index < -0.39 is 0 Å². The molecule has 2 unspecified atom stereocenters. The van der Waals surface area contributed by atoms with E-state index in [9.17, 15) is 0 Å². The van der Waals surface area contributed by atoms with E-state index in [-0.39, 0.29) is 10.2 Å². The smallest absolute Gasteiger partial charge is 0.0995 e. The van der Waals surface area contributed by atoms with E-state index in [1.807, 2.05) is 18.2 Å². The molecule has 1 aliphatic heterocycles. The molecule has 0 aliphatic carbocycles. The Morgan fingerprint density at radius 3 is 2.94 bits per heavy atom. The molecule has 0 amide bonds. The molecule has 4 nitrogen and oxygen atoms in total. The summed E-state index contributed by atoms with van der Waals surface area (Å²) < 4.78 is 5.91. The third kappa shape index (κ3) is 2.35. The number of halogens is 1. The van der Waals surface area contributed by atoms with Crippen molar-refractivity contribution in [1.29, 1.82) is 5.26 Å². The molecular weight excluding hydrogens is 317 g/mol. The third-order valence-corrected chi connectivity index (χ3v) is 3.67. The highest BCUT2D eigenvalue weighted by Gasteiger charge is 2.27. The molecule has 2 rings (SSSR count). The summed E-state index contributed by atoms with van der Waals surface area (Å²) in [5.41, 5.74) is 1.58. The summed E-state index contributed by atoms with van der Waals surface area (Å²) in [6, 6.07) is 9.67. The van der Waals surface area contributed by atoms with Crippen LogP contribution in [0.2, 0.25) is 0 Å². The predicted molar refractivity (Wildman–Crippen MR) is 68.6 cm³/mol. The second kappa shape index (κ2) is 5.10. The maximum absolute atomic E-state index is 9.02. The molecule has 0 radical (unpaired) electrons. The monoisotopic (exact) mass is 329 g/mol. The summed E-state index contributed by atoms with van der Waals surface area (Å²) in [6.07, 6.45) is -0.105. The van der Waals surface area contributed by atoms with Gasteiger partial charge in [0.15, 0.2) is 0 Å². The quantitative estimate of drug-likeness (QED) is 0.368. The van der Waals surface area contributed by atoms with Crippen LogP contribution in [0.15, 0.2) is 24.3 Å². The summed E-state index contributed by atoms with van der Waals surface area (Å²) in [4.78, 5) is 0. The number of rotatable bonds is 1. The summed E-state index contributed by atoms with van der Waals surface area (Å²) in [5, 5.41) is 10.8. The van der Waals surface area contributed by atoms with Gasteiger partial charge in [-0.1, -0.05) is 40.8 Å². The minimum absolute atomic E-state index is 0.105. The second-order valence-corrected chi connectivity index (χ2v) is 5.09. The lowest BCUT2D eigenvalue weighted by atomic mass is 10.0. The summed E-state index contributed by atoms with van der Waals surface area (Å²) in [6.45, 7) is 1.20. The van der Waals surface area contributed by atoms with Crippen molar-refractivity contribution in [3.05, 3.63) is 35.4 Å². The average Bonchev–Trinajstić information content (AvgIpc) is 2.32. The zero-order valence-electron chi connectivity index (χ0n) is 8.64. The summed E-state index contributed by atoms with van der Waals surface area (Å²) in [5.74, 6) is 5.86. The van der Waals surface area contributed by atoms with E-state index in [0.717, 1.165) is 5.56 Å². The van der Waals surface area contributed by atoms with Gasteiger partial charge in [0.05, 0.1) is 28.4 Å². The van der Waals surface area contributed by atoms with Crippen molar-refractivity contribution in [2.75, 3.05) is 13.2 Å². The number of ether oxygens (including phenoxy) is 1. The first-order valence-electron chi connectivity index (χ1n) is 4.98. The second-order valence-electron chi connectivity index (χ2n) is 3.65. The molecule has 2 atom stereocenters. The number of hydrogen-bond donors (Lipinski definition) is 1. The molecule has 0 aromatic heterocycles. The minimum atomic E-state index is -0.105. The number of morpholine rings is 1. The number of benzene rings is 1. The fourth-order valence-electron chi connectivity index (χ4n) is 1.72. The van der Waals surface area contributed by atoms with Crippen molar-refractivity contribution in [1.82, 2.24) is 5.01 Å². The van der Waals surface area contributed by atoms with Crippen LogP contribution in [-0.4, -0.2) is 22.2 Å². The molecule has 0 saturated carbocycles. The Balaban J connectivity index is 2.22. The van der Waals surface area contributed by atoms with E-state index in [4.69, 9.17) is 15.8 Å². The number of hydrazine groups is 1. The van der Waals surface area contributed by atoms with Gasteiger partial charge in [0, 0.05) is 6.54 Å². The first-order chi connectivity index (χ1) is 7.72. The van der Waals surface area contributed by atoms with Gasteiger partial charge in [0.1, 0.15) is 0 Å². The van der Waals surface area contributed by atoms with Gasteiger partial charge >= 0.3 is 0 Å². The number of nitrogens with two attached hydrogens (primary N) is 1. The molecule has 16 heavy (non-hydrogen) atoms. The molecular formula is C11H12IN3O. The lowest BCUT2D eigenvalue weighted by Gasteiger charge is -2.34. The van der Waals surface area contributed by atoms with E-state index in [2.05, 4.69) is 28.7 Å². The van der Waals surface area contributed by atoms with Crippen LogP contribution in [0.3, 0.4) is 0 Å². The maximum atomic E-state index is 9.02. The molecule has 84 valence electrons. The molecule has 1 fully saturated rings. The van der Waals surface area contributed by atoms with Crippen LogP contribution in [-0.2, 0) is 4.74 Å². The van der Waals surface area contributed by atoms with Gasteiger partial charge in [0.2, 0.25) is 0 Å². The molecule has 1 aromatic carbocycles. The molecule has 1 aliphatic rings. The zero-order chi connectivity index (χ0) is 11.5. The zero-order valence-corrected chi connectivity index (χ0v) is 10.8. The molecule has 5 heteroatoms. The van der Waals surface area contributed by atoms with E-state index >= 15 is 0 Å². The SMILES string of the molecule is N#Cc1ccccc1C1CN(N)C(I)CO1. The first kappa shape index (κ1) is 11.8. The molecule has 1 aromatic rings. The Hall–Kier alpha value is -0.680. The number of nitrogens with zero attached hydrogens (tertiary/aromatic N) is 2. The van der Waals surface area contributed by atoms with Gasteiger partial charge in [-0.15, -0.1) is 0 Å². The Morgan fingerprint density at radius 2 is 2.25 bits per heavy atom. The average molecular weight is 329 g/mol. The van der Waals surface area contributed by atoms with Crippen LogP contribution in [0.1, 0.15) is 17.2 Å². The standard InChI is InChI=1S/C11H12IN3O/c12-11-7-16-10(6-15(11)14)9-4-2-1-3-8(9)5-13/h1-4,10-11H,6-7,14H2. The van der Waals surface area contributed by atoms with Crippen molar-refractivity contribution < 1.29 is 4.74 Å². The van der Waals surface area contributed by atoms with Crippen molar-refractivity contribution in [3.8, 4) is 6.07 Å². The lowest BCUT2D eigenvalue weighted by Crippen LogP contribution is -2.47. The number of nitriles is 1. The van der Waals surface area contributed by atoms with Crippen molar-refractivity contribution in [2.45, 2.75) is 10.2 Å². The van der Waals surface area contributed by atoms with Crippen molar-refractivity contribution >= 4 is 22.6 Å². The van der Waals surface area contributed by atoms with Gasteiger partial charge in [-0.3, -0.25) is 5.84 Å². The molecule has 1 heterocycles. The van der Waals surface area contributed by atoms with Crippen LogP contribution < -0.4 is 5.84 Å². The van der Waals surface area contributed by atoms with Crippen LogP contribution in [0, 0.1) is 11.3 Å². The maximum Gasteiger partial charge on any atom is 0.0995 e. The summed E-state index contributed by atoms with van der Waals surface area (Å²) >= 11 is 2.24. The Labute approximate surface area is 108 Å². The molecule has 0 bridgehead atoms. The van der Waals surface area contributed by atoms with Crippen molar-refractivity contribution in [3.63, 3.8) is 0 Å². The van der Waals surface area contributed by atoms with Crippen LogP contribution >= 0.6 is 22.6 Å². The van der Waals surface area contributed by atoms with Gasteiger partial charge < -0.3 is 4.74 Å². The van der Waals surface area contributed by atoms with E-state index in [1.165, 1.54) is 0 Å². The fraction of sp³-hybridized carbons (Fsp3) is 0.364. The Bertz CT molecular complexity index is 418. The topological polar surface area (TPSA) is 62.3 Å². The van der Waals surface area contributed by atoms with E-state index in [1.54, 1.807) is 11.1 Å². The fourth-order valence-corrected chi connectivity index (χ4v) is 2.15. The van der Waals surface area contributed by atoms with Crippen LogP contribution in [0.5, 0.6) is 0 Å². The number of alkyl halides is 1. The van der Waals surface area contributed by atoms with Gasteiger partial charge in [-0.05, 0) is 11.6 Å². The minimum Gasteiger partial charge on any atom is -0.370 e.